The van der Waals surface area contributed by atoms with E-state index in [1.54, 1.807) is 32.4 Å². The zero-order valence-electron chi connectivity index (χ0n) is 16.0. The zero-order chi connectivity index (χ0) is 18.9. The van der Waals surface area contributed by atoms with Gasteiger partial charge in [-0.3, -0.25) is 4.79 Å². The van der Waals surface area contributed by atoms with E-state index >= 15 is 0 Å². The van der Waals surface area contributed by atoms with E-state index < -0.39 is 0 Å². The van der Waals surface area contributed by atoms with Gasteiger partial charge in [0.05, 0.1) is 19.9 Å². The van der Waals surface area contributed by atoms with Crippen LogP contribution in [0.4, 0.5) is 5.69 Å². The van der Waals surface area contributed by atoms with Gasteiger partial charge in [-0.25, -0.2) is 0 Å². The summed E-state index contributed by atoms with van der Waals surface area (Å²) < 4.78 is 16.0. The molecule has 0 saturated heterocycles. The smallest absolute Gasteiger partial charge is 0.278 e. The minimum atomic E-state index is -0.284. The van der Waals surface area contributed by atoms with Crippen LogP contribution >= 0.6 is 0 Å². The molecule has 0 fully saturated rings. The summed E-state index contributed by atoms with van der Waals surface area (Å²) in [5, 5.41) is 6.92. The lowest BCUT2D eigenvalue weighted by Gasteiger charge is -2.33. The summed E-state index contributed by atoms with van der Waals surface area (Å²) in [6.45, 7) is 6.70. The minimum Gasteiger partial charge on any atom is -0.497 e. The summed E-state index contributed by atoms with van der Waals surface area (Å²) in [5.74, 6) is 2.23. The van der Waals surface area contributed by atoms with E-state index in [-0.39, 0.29) is 11.3 Å². The van der Waals surface area contributed by atoms with Gasteiger partial charge in [-0.1, -0.05) is 25.9 Å². The third kappa shape index (κ3) is 3.54. The van der Waals surface area contributed by atoms with Crippen LogP contribution in [-0.2, 0) is 12.8 Å². The molecule has 0 radical (unpaired) electrons. The number of benzene rings is 1. The van der Waals surface area contributed by atoms with Crippen molar-refractivity contribution in [3.63, 3.8) is 0 Å². The highest BCUT2D eigenvalue weighted by molar-refractivity contribution is 6.04. The van der Waals surface area contributed by atoms with Crippen molar-refractivity contribution in [3.05, 3.63) is 35.2 Å². The van der Waals surface area contributed by atoms with Gasteiger partial charge in [0.25, 0.3) is 5.91 Å². The third-order valence-corrected chi connectivity index (χ3v) is 5.14. The number of ether oxygens (including phenoxy) is 2. The number of fused-ring (bicyclic) bond motifs is 1. The van der Waals surface area contributed by atoms with E-state index in [9.17, 15) is 4.79 Å². The Morgan fingerprint density at radius 3 is 2.69 bits per heavy atom. The summed E-state index contributed by atoms with van der Waals surface area (Å²) in [5.41, 5.74) is 2.05. The summed E-state index contributed by atoms with van der Waals surface area (Å²) >= 11 is 0. The molecule has 1 N–H and O–H groups in total. The molecule has 1 atom stereocenters. The molecule has 3 rings (SSSR count). The summed E-state index contributed by atoms with van der Waals surface area (Å²) in [7, 11) is 3.14. The normalized spacial score (nSPS) is 16.7. The van der Waals surface area contributed by atoms with Crippen LogP contribution in [0.15, 0.2) is 22.7 Å². The van der Waals surface area contributed by atoms with Gasteiger partial charge in [-0.15, -0.1) is 0 Å². The zero-order valence-corrected chi connectivity index (χ0v) is 16.0. The average Bonchev–Trinajstić information content (AvgIpc) is 3.04. The van der Waals surface area contributed by atoms with E-state index in [1.165, 1.54) is 0 Å². The van der Waals surface area contributed by atoms with Gasteiger partial charge in [0.1, 0.15) is 17.3 Å². The first-order valence-corrected chi connectivity index (χ1v) is 8.84. The van der Waals surface area contributed by atoms with Crippen molar-refractivity contribution in [1.82, 2.24) is 5.16 Å². The second-order valence-electron chi connectivity index (χ2n) is 7.76. The summed E-state index contributed by atoms with van der Waals surface area (Å²) in [6, 6.07) is 5.25. The van der Waals surface area contributed by atoms with Gasteiger partial charge in [0, 0.05) is 18.1 Å². The number of carbonyl (C=O) groups excluding carboxylic acids is 1. The van der Waals surface area contributed by atoms with Crippen molar-refractivity contribution in [3.8, 4) is 11.5 Å². The van der Waals surface area contributed by atoms with Crippen LogP contribution in [-0.4, -0.2) is 25.3 Å². The Balaban J connectivity index is 1.83. The number of nitrogens with one attached hydrogen (secondary N) is 1. The van der Waals surface area contributed by atoms with Gasteiger partial charge in [0.15, 0.2) is 5.69 Å². The standard InChI is InChI=1S/C20H26N2O4/c1-20(2,3)12-6-9-16-14(10-12)18(22-26-16)19(23)21-15-8-7-13(24-4)11-17(15)25-5/h7-8,11-12H,6,9-10H2,1-5H3,(H,21,23)/t12-/m0/s1. The molecule has 0 aliphatic heterocycles. The molecule has 1 aliphatic rings. The molecule has 1 heterocycles. The Morgan fingerprint density at radius 1 is 1.27 bits per heavy atom. The maximum absolute atomic E-state index is 12.8. The largest absolute Gasteiger partial charge is 0.497 e. The lowest BCUT2D eigenvalue weighted by Crippen LogP contribution is -2.27. The summed E-state index contributed by atoms with van der Waals surface area (Å²) in [4.78, 5) is 12.8. The van der Waals surface area contributed by atoms with Gasteiger partial charge < -0.3 is 19.3 Å². The highest BCUT2D eigenvalue weighted by Gasteiger charge is 2.34. The first-order valence-electron chi connectivity index (χ1n) is 8.84. The second kappa shape index (κ2) is 7.02. The molecule has 0 spiro atoms. The fourth-order valence-corrected chi connectivity index (χ4v) is 3.40. The molecule has 26 heavy (non-hydrogen) atoms. The predicted octanol–water partition coefficient (Wildman–Crippen LogP) is 4.10. The Bertz CT molecular complexity index is 805. The number of aryl methyl sites for hydroxylation is 1. The highest BCUT2D eigenvalue weighted by Crippen LogP contribution is 2.38. The monoisotopic (exact) mass is 358 g/mol. The van der Waals surface area contributed by atoms with E-state index in [2.05, 4.69) is 31.2 Å². The molecule has 140 valence electrons. The number of methoxy groups -OCH3 is 2. The van der Waals surface area contributed by atoms with E-state index in [0.717, 1.165) is 30.6 Å². The first kappa shape index (κ1) is 18.3. The van der Waals surface area contributed by atoms with Crippen LogP contribution in [0.3, 0.4) is 0 Å². The maximum atomic E-state index is 12.8. The van der Waals surface area contributed by atoms with Crippen LogP contribution in [0, 0.1) is 11.3 Å². The van der Waals surface area contributed by atoms with Crippen LogP contribution in [0.25, 0.3) is 0 Å². The Labute approximate surface area is 153 Å². The van der Waals surface area contributed by atoms with Crippen molar-refractivity contribution in [1.29, 1.82) is 0 Å². The molecular formula is C20H26N2O4. The van der Waals surface area contributed by atoms with Crippen LogP contribution < -0.4 is 14.8 Å². The molecule has 6 heteroatoms. The second-order valence-corrected chi connectivity index (χ2v) is 7.76. The molecule has 2 aromatic rings. The molecule has 1 amide bonds. The quantitative estimate of drug-likeness (QED) is 0.891. The number of rotatable bonds is 4. The summed E-state index contributed by atoms with van der Waals surface area (Å²) in [6.07, 6.45) is 2.69. The molecule has 1 aliphatic carbocycles. The third-order valence-electron chi connectivity index (χ3n) is 5.14. The van der Waals surface area contributed by atoms with Crippen molar-refractivity contribution < 1.29 is 18.8 Å². The van der Waals surface area contributed by atoms with Crippen LogP contribution in [0.5, 0.6) is 11.5 Å². The van der Waals surface area contributed by atoms with Gasteiger partial charge in [0.2, 0.25) is 0 Å². The highest BCUT2D eigenvalue weighted by atomic mass is 16.5. The van der Waals surface area contributed by atoms with E-state index in [4.69, 9.17) is 14.0 Å². The number of nitrogens with zero attached hydrogens (tertiary/aromatic N) is 1. The minimum absolute atomic E-state index is 0.182. The Kier molecular flexibility index (Phi) is 4.94. The molecular weight excluding hydrogens is 332 g/mol. The first-order chi connectivity index (χ1) is 12.3. The van der Waals surface area contributed by atoms with Crippen molar-refractivity contribution >= 4 is 11.6 Å². The SMILES string of the molecule is COc1ccc(NC(=O)c2noc3c2C[C@@H](C(C)(C)C)CC3)c(OC)c1. The van der Waals surface area contributed by atoms with Gasteiger partial charge in [-0.05, 0) is 36.3 Å². The van der Waals surface area contributed by atoms with Gasteiger partial charge in [-0.2, -0.15) is 0 Å². The molecule has 1 aromatic carbocycles. The average molecular weight is 358 g/mol. The lowest BCUT2D eigenvalue weighted by molar-refractivity contribution is 0.101. The Hall–Kier alpha value is -2.50. The fraction of sp³-hybridized carbons (Fsp3) is 0.500. The van der Waals surface area contributed by atoms with Gasteiger partial charge >= 0.3 is 0 Å². The molecule has 0 saturated carbocycles. The van der Waals surface area contributed by atoms with Crippen molar-refractivity contribution in [2.75, 3.05) is 19.5 Å². The lowest BCUT2D eigenvalue weighted by atomic mass is 9.71. The molecule has 0 unspecified atom stereocenters. The van der Waals surface area contributed by atoms with E-state index in [1.807, 2.05) is 0 Å². The van der Waals surface area contributed by atoms with Crippen molar-refractivity contribution in [2.24, 2.45) is 11.3 Å². The maximum Gasteiger partial charge on any atom is 0.278 e. The van der Waals surface area contributed by atoms with Crippen molar-refractivity contribution in [2.45, 2.75) is 40.0 Å². The number of anilines is 1. The number of hydrogen-bond donors (Lipinski definition) is 1. The predicted molar refractivity (Wildman–Crippen MR) is 99.0 cm³/mol. The van der Waals surface area contributed by atoms with Crippen LogP contribution in [0.1, 0.15) is 49.0 Å². The molecule has 0 bridgehead atoms. The van der Waals surface area contributed by atoms with E-state index in [0.29, 0.717) is 28.8 Å². The number of carbonyl (C=O) groups is 1. The van der Waals surface area contributed by atoms with Crippen LogP contribution in [0.2, 0.25) is 0 Å². The number of hydrogen-bond acceptors (Lipinski definition) is 5. The number of aromatic nitrogens is 1. The Morgan fingerprint density at radius 2 is 2.04 bits per heavy atom. The molecule has 1 aromatic heterocycles. The number of amides is 1. The fourth-order valence-electron chi connectivity index (χ4n) is 3.40. The molecule has 6 nitrogen and oxygen atoms in total. The topological polar surface area (TPSA) is 73.6 Å².